The van der Waals surface area contributed by atoms with Crippen LogP contribution < -0.4 is 5.32 Å². The Hall–Kier alpha value is 0.650. The zero-order valence-corrected chi connectivity index (χ0v) is 6.57. The lowest BCUT2D eigenvalue weighted by atomic mass is 10.7. The molecule has 0 fully saturated rings. The molecule has 0 aliphatic rings. The zero-order valence-electron chi connectivity index (χ0n) is 4.17. The summed E-state index contributed by atoms with van der Waals surface area (Å²) in [7, 11) is 0. The van der Waals surface area contributed by atoms with Crippen LogP contribution in [-0.2, 0) is 0 Å². The van der Waals surface area contributed by atoms with Crippen LogP contribution in [0.5, 0.6) is 0 Å². The molecule has 3 nitrogen and oxygen atoms in total. The van der Waals surface area contributed by atoms with Crippen LogP contribution in [0.1, 0.15) is 0 Å². The molecule has 3 N–H and O–H groups in total. The first-order valence-electron chi connectivity index (χ1n) is 1.93. The van der Waals surface area contributed by atoms with Gasteiger partial charge in [-0.25, -0.2) is 0 Å². The topological polar surface area (TPSA) is 52.5 Å². The predicted octanol–water partition coefficient (Wildman–Crippen LogP) is -0.339. The summed E-state index contributed by atoms with van der Waals surface area (Å²) in [5, 5.41) is 19.3. The number of aliphatic hydroxyl groups is 2. The van der Waals surface area contributed by atoms with Crippen molar-refractivity contribution in [1.29, 1.82) is 0 Å². The number of hydrogen-bond donors (Lipinski definition) is 3. The van der Waals surface area contributed by atoms with E-state index in [1.54, 1.807) is 0 Å². The maximum absolute atomic E-state index is 8.11. The van der Waals surface area contributed by atoms with Crippen molar-refractivity contribution in [2.45, 2.75) is 6.41 Å². The van der Waals surface area contributed by atoms with E-state index in [1.165, 1.54) is 0 Å². The first-order valence-corrected chi connectivity index (χ1v) is 3.05. The molecule has 0 aliphatic heterocycles. The van der Waals surface area contributed by atoms with Gasteiger partial charge >= 0.3 is 0 Å². The third-order valence-electron chi connectivity index (χ3n) is 0.421. The summed E-state index contributed by atoms with van der Waals surface area (Å²) in [5.74, 6) is 0. The number of aliphatic hydroxyl groups excluding tert-OH is 1. The molecule has 0 radical (unpaired) electrons. The summed E-state index contributed by atoms with van der Waals surface area (Å²) < 4.78 is 0. The molecule has 0 aromatic heterocycles. The Morgan fingerprint density at radius 3 is 2.12 bits per heavy atom. The summed E-state index contributed by atoms with van der Waals surface area (Å²) in [6, 6.07) is 0. The summed E-state index contributed by atoms with van der Waals surface area (Å²) in [5.41, 5.74) is 0. The monoisotopic (exact) mass is 205 g/mol. The predicted molar refractivity (Wildman–Crippen MR) is 37.3 cm³/mol. The molecule has 0 rings (SSSR count). The van der Waals surface area contributed by atoms with Crippen molar-refractivity contribution in [3.05, 3.63) is 0 Å². The smallest absolute Gasteiger partial charge is 0.210 e. The Balaban J connectivity index is 0. The van der Waals surface area contributed by atoms with Crippen LogP contribution in [0, 0.1) is 0 Å². The van der Waals surface area contributed by atoms with E-state index in [-0.39, 0.29) is 12.4 Å². The van der Waals surface area contributed by atoms with Crippen LogP contribution in [0.15, 0.2) is 0 Å². The molecule has 0 atom stereocenters. The first kappa shape index (κ1) is 11.4. The summed E-state index contributed by atoms with van der Waals surface area (Å²) in [4.78, 5) is 0. The maximum atomic E-state index is 8.11. The van der Waals surface area contributed by atoms with Crippen LogP contribution >= 0.6 is 28.3 Å². The Bertz CT molecular complexity index is 46.3. The highest BCUT2D eigenvalue weighted by atomic mass is 79.9. The van der Waals surface area contributed by atoms with E-state index in [0.29, 0.717) is 6.54 Å². The van der Waals surface area contributed by atoms with Gasteiger partial charge in [0.05, 0.1) is 0 Å². The molecule has 5 heteroatoms. The van der Waals surface area contributed by atoms with Crippen molar-refractivity contribution < 1.29 is 10.2 Å². The first-order chi connectivity index (χ1) is 3.27. The molecule has 0 saturated heterocycles. The van der Waals surface area contributed by atoms with Crippen LogP contribution in [0.4, 0.5) is 0 Å². The van der Waals surface area contributed by atoms with Gasteiger partial charge in [0.2, 0.25) is 6.41 Å². The number of alkyl halides is 1. The zero-order chi connectivity index (χ0) is 5.70. The van der Waals surface area contributed by atoms with Gasteiger partial charge in [0.1, 0.15) is 0 Å². The van der Waals surface area contributed by atoms with Crippen LogP contribution in [0.25, 0.3) is 0 Å². The molecule has 0 heterocycles. The van der Waals surface area contributed by atoms with Crippen molar-refractivity contribution in [3.63, 3.8) is 0 Å². The average molecular weight is 206 g/mol. The van der Waals surface area contributed by atoms with Crippen molar-refractivity contribution in [1.82, 2.24) is 5.32 Å². The molecule has 52 valence electrons. The fourth-order valence-electron chi connectivity index (χ4n) is 0.184. The van der Waals surface area contributed by atoms with E-state index >= 15 is 0 Å². The molecule has 8 heavy (non-hydrogen) atoms. The van der Waals surface area contributed by atoms with E-state index in [0.717, 1.165) is 5.33 Å². The summed E-state index contributed by atoms with van der Waals surface area (Å²) in [6.45, 7) is 0.567. The molecule has 0 aromatic carbocycles. The number of nitrogens with one attached hydrogen (secondary N) is 1. The van der Waals surface area contributed by atoms with E-state index in [2.05, 4.69) is 21.2 Å². The minimum absolute atomic E-state index is 0. The van der Waals surface area contributed by atoms with E-state index in [1.807, 2.05) is 0 Å². The maximum Gasteiger partial charge on any atom is 0.210 e. The molecule has 0 saturated carbocycles. The van der Waals surface area contributed by atoms with Crippen molar-refractivity contribution in [2.75, 3.05) is 11.9 Å². The van der Waals surface area contributed by atoms with Gasteiger partial charge in [-0.2, -0.15) is 0 Å². The minimum Gasteiger partial charge on any atom is -0.356 e. The second-order valence-corrected chi connectivity index (χ2v) is 1.81. The fourth-order valence-corrected chi connectivity index (χ4v) is 0.413. The van der Waals surface area contributed by atoms with Gasteiger partial charge in [0.15, 0.2) is 0 Å². The second-order valence-electron chi connectivity index (χ2n) is 1.02. The number of halogens is 2. The quantitative estimate of drug-likeness (QED) is 0.437. The van der Waals surface area contributed by atoms with Gasteiger partial charge in [-0.3, -0.25) is 5.32 Å². The van der Waals surface area contributed by atoms with Gasteiger partial charge in [0, 0.05) is 11.9 Å². The average Bonchev–Trinajstić information content (AvgIpc) is 1.61. The lowest BCUT2D eigenvalue weighted by molar-refractivity contribution is -0.0640. The molecule has 0 aliphatic carbocycles. The van der Waals surface area contributed by atoms with Gasteiger partial charge in [-0.05, 0) is 0 Å². The molecule has 0 amide bonds. The van der Waals surface area contributed by atoms with E-state index in [4.69, 9.17) is 10.2 Å². The summed E-state index contributed by atoms with van der Waals surface area (Å²) >= 11 is 3.09. The van der Waals surface area contributed by atoms with Gasteiger partial charge in [-0.15, -0.1) is 12.4 Å². The number of hydrogen-bond acceptors (Lipinski definition) is 3. The normalized spacial score (nSPS) is 9.00. The lowest BCUT2D eigenvalue weighted by Crippen LogP contribution is -2.29. The minimum atomic E-state index is -1.38. The molecular weight excluding hydrogens is 197 g/mol. The Morgan fingerprint density at radius 2 is 2.00 bits per heavy atom. The molecule has 0 bridgehead atoms. The third-order valence-corrected chi connectivity index (χ3v) is 0.818. The highest BCUT2D eigenvalue weighted by molar-refractivity contribution is 9.09. The Kier molecular flexibility index (Phi) is 10.9. The Labute approximate surface area is 62.6 Å². The lowest BCUT2D eigenvalue weighted by Gasteiger charge is -2.00. The largest absolute Gasteiger partial charge is 0.356 e. The van der Waals surface area contributed by atoms with Gasteiger partial charge < -0.3 is 10.2 Å². The van der Waals surface area contributed by atoms with E-state index in [9.17, 15) is 0 Å². The van der Waals surface area contributed by atoms with Gasteiger partial charge in [-0.1, -0.05) is 15.9 Å². The second kappa shape index (κ2) is 7.65. The van der Waals surface area contributed by atoms with Crippen LogP contribution in [0.3, 0.4) is 0 Å². The molecule has 0 unspecified atom stereocenters. The molecular formula is C3H9BrClNO2. The van der Waals surface area contributed by atoms with Crippen LogP contribution in [0.2, 0.25) is 0 Å². The van der Waals surface area contributed by atoms with Crippen LogP contribution in [-0.4, -0.2) is 28.5 Å². The number of rotatable bonds is 3. The van der Waals surface area contributed by atoms with Crippen molar-refractivity contribution in [2.24, 2.45) is 0 Å². The molecule has 0 spiro atoms. The van der Waals surface area contributed by atoms with Crippen molar-refractivity contribution >= 4 is 28.3 Å². The molecule has 0 aromatic rings. The Morgan fingerprint density at radius 1 is 1.50 bits per heavy atom. The highest BCUT2D eigenvalue weighted by Gasteiger charge is 1.89. The SMILES string of the molecule is Cl.OC(O)NCCBr. The third kappa shape index (κ3) is 9.82. The standard InChI is InChI=1S/C3H8BrNO2.ClH/c4-1-2-5-3(6)7;/h3,5-7H,1-2H2;1H. The fraction of sp³-hybridized carbons (Fsp3) is 1.00. The van der Waals surface area contributed by atoms with Gasteiger partial charge in [0.25, 0.3) is 0 Å². The highest BCUT2D eigenvalue weighted by Crippen LogP contribution is 1.74. The summed E-state index contributed by atoms with van der Waals surface area (Å²) in [6.07, 6.45) is -1.38. The van der Waals surface area contributed by atoms with E-state index < -0.39 is 6.41 Å². The van der Waals surface area contributed by atoms with Crippen molar-refractivity contribution in [3.8, 4) is 0 Å².